The summed E-state index contributed by atoms with van der Waals surface area (Å²) in [5.41, 5.74) is 5.55. The summed E-state index contributed by atoms with van der Waals surface area (Å²) in [6.45, 7) is 6.37. The number of aryl methyl sites for hydroxylation is 3. The highest BCUT2D eigenvalue weighted by atomic mass is 16.5. The fourth-order valence-corrected chi connectivity index (χ4v) is 4.40. The average Bonchev–Trinajstić information content (AvgIpc) is 3.02. The molecular formula is C20H26O3. The number of carbonyl (C=O) groups excluding carboxylic acids is 1. The standard InChI is InChI=1S/C20H26O3/c1-5-12-7-11(3)8-13(6-2)17(12)18-19(22)15-9-14(21)10-16(15)20(18)23-4/h7-8,14-16,21H,5-6,9-10H2,1-4H3. The van der Waals surface area contributed by atoms with Crippen LogP contribution < -0.4 is 0 Å². The minimum atomic E-state index is -0.380. The van der Waals surface area contributed by atoms with Crippen molar-refractivity contribution in [2.45, 2.75) is 52.6 Å². The predicted molar refractivity (Wildman–Crippen MR) is 91.1 cm³/mol. The highest BCUT2D eigenvalue weighted by Gasteiger charge is 2.49. The second kappa shape index (κ2) is 6.12. The van der Waals surface area contributed by atoms with Crippen molar-refractivity contribution < 1.29 is 14.6 Å². The molecule has 0 bridgehead atoms. The first-order valence-electron chi connectivity index (χ1n) is 8.64. The van der Waals surface area contributed by atoms with Gasteiger partial charge in [-0.15, -0.1) is 0 Å². The van der Waals surface area contributed by atoms with Gasteiger partial charge >= 0.3 is 0 Å². The van der Waals surface area contributed by atoms with Crippen LogP contribution in [0, 0.1) is 18.8 Å². The second-order valence-electron chi connectivity index (χ2n) is 6.81. The first-order valence-corrected chi connectivity index (χ1v) is 8.64. The number of benzene rings is 1. The summed E-state index contributed by atoms with van der Waals surface area (Å²) >= 11 is 0. The molecule has 1 fully saturated rings. The van der Waals surface area contributed by atoms with Crippen LogP contribution in [0.2, 0.25) is 0 Å². The number of hydrogen-bond acceptors (Lipinski definition) is 3. The van der Waals surface area contributed by atoms with E-state index in [1.54, 1.807) is 7.11 Å². The molecule has 1 aromatic rings. The van der Waals surface area contributed by atoms with Crippen molar-refractivity contribution in [3.8, 4) is 0 Å². The molecule has 3 atom stereocenters. The zero-order valence-corrected chi connectivity index (χ0v) is 14.5. The summed E-state index contributed by atoms with van der Waals surface area (Å²) in [4.78, 5) is 13.1. The van der Waals surface area contributed by atoms with Gasteiger partial charge in [-0.3, -0.25) is 4.79 Å². The van der Waals surface area contributed by atoms with Crippen LogP contribution in [0.15, 0.2) is 17.9 Å². The molecule has 0 aliphatic heterocycles. The van der Waals surface area contributed by atoms with E-state index in [-0.39, 0.29) is 23.7 Å². The second-order valence-corrected chi connectivity index (χ2v) is 6.81. The summed E-state index contributed by atoms with van der Waals surface area (Å²) in [6.07, 6.45) is 2.62. The van der Waals surface area contributed by atoms with E-state index in [2.05, 4.69) is 32.9 Å². The fraction of sp³-hybridized carbons (Fsp3) is 0.550. The van der Waals surface area contributed by atoms with Gasteiger partial charge in [-0.1, -0.05) is 31.5 Å². The van der Waals surface area contributed by atoms with Crippen LogP contribution in [-0.4, -0.2) is 24.1 Å². The molecule has 1 N–H and O–H groups in total. The normalized spacial score (nSPS) is 26.8. The van der Waals surface area contributed by atoms with Crippen molar-refractivity contribution >= 4 is 11.4 Å². The smallest absolute Gasteiger partial charge is 0.170 e. The largest absolute Gasteiger partial charge is 0.500 e. The van der Waals surface area contributed by atoms with E-state index in [9.17, 15) is 9.90 Å². The molecular weight excluding hydrogens is 288 g/mol. The maximum atomic E-state index is 13.1. The summed E-state index contributed by atoms with van der Waals surface area (Å²) in [5, 5.41) is 9.93. The van der Waals surface area contributed by atoms with Crippen molar-refractivity contribution in [2.75, 3.05) is 7.11 Å². The minimum absolute atomic E-state index is 0.0493. The number of ketones is 1. The van der Waals surface area contributed by atoms with Crippen molar-refractivity contribution in [2.24, 2.45) is 11.8 Å². The number of methoxy groups -OCH3 is 1. The van der Waals surface area contributed by atoms with E-state index in [0.717, 1.165) is 29.7 Å². The molecule has 0 heterocycles. The molecule has 0 amide bonds. The lowest BCUT2D eigenvalue weighted by Crippen LogP contribution is -2.14. The van der Waals surface area contributed by atoms with Crippen molar-refractivity contribution in [1.29, 1.82) is 0 Å². The highest BCUT2D eigenvalue weighted by Crippen LogP contribution is 2.49. The first kappa shape index (κ1) is 16.3. The van der Waals surface area contributed by atoms with Gasteiger partial charge in [-0.2, -0.15) is 0 Å². The van der Waals surface area contributed by atoms with Crippen LogP contribution in [-0.2, 0) is 22.4 Å². The Morgan fingerprint density at radius 1 is 1.13 bits per heavy atom. The molecule has 1 saturated carbocycles. The number of fused-ring (bicyclic) bond motifs is 1. The Hall–Kier alpha value is -1.61. The lowest BCUT2D eigenvalue weighted by Gasteiger charge is -2.18. The summed E-state index contributed by atoms with van der Waals surface area (Å²) in [5.74, 6) is 0.903. The van der Waals surface area contributed by atoms with Crippen LogP contribution in [0.3, 0.4) is 0 Å². The minimum Gasteiger partial charge on any atom is -0.500 e. The predicted octanol–water partition coefficient (Wildman–Crippen LogP) is 3.45. The number of aliphatic hydroxyl groups is 1. The van der Waals surface area contributed by atoms with Crippen molar-refractivity contribution in [1.82, 2.24) is 0 Å². The zero-order valence-electron chi connectivity index (χ0n) is 14.5. The van der Waals surface area contributed by atoms with E-state index in [0.29, 0.717) is 12.8 Å². The lowest BCUT2D eigenvalue weighted by atomic mass is 9.87. The Morgan fingerprint density at radius 2 is 1.70 bits per heavy atom. The van der Waals surface area contributed by atoms with Gasteiger partial charge in [0.25, 0.3) is 0 Å². The molecule has 3 heteroatoms. The average molecular weight is 314 g/mol. The van der Waals surface area contributed by atoms with Crippen LogP contribution in [0.4, 0.5) is 0 Å². The van der Waals surface area contributed by atoms with Gasteiger partial charge in [-0.05, 0) is 49.3 Å². The highest BCUT2D eigenvalue weighted by molar-refractivity contribution is 6.25. The van der Waals surface area contributed by atoms with E-state index >= 15 is 0 Å². The van der Waals surface area contributed by atoms with Crippen LogP contribution >= 0.6 is 0 Å². The van der Waals surface area contributed by atoms with Crippen LogP contribution in [0.25, 0.3) is 5.57 Å². The van der Waals surface area contributed by atoms with Crippen LogP contribution in [0.1, 0.15) is 48.9 Å². The first-order chi connectivity index (χ1) is 11.0. The summed E-state index contributed by atoms with van der Waals surface area (Å²) < 4.78 is 5.69. The van der Waals surface area contributed by atoms with Crippen LogP contribution in [0.5, 0.6) is 0 Å². The number of Topliss-reactive ketones (excluding diaryl/α,β-unsaturated/α-hetero) is 1. The van der Waals surface area contributed by atoms with E-state index in [4.69, 9.17) is 4.74 Å². The molecule has 2 aliphatic rings. The molecule has 23 heavy (non-hydrogen) atoms. The molecule has 1 aromatic carbocycles. The van der Waals surface area contributed by atoms with E-state index in [1.165, 1.54) is 16.7 Å². The molecule has 3 unspecified atom stereocenters. The third-order valence-electron chi connectivity index (χ3n) is 5.38. The van der Waals surface area contributed by atoms with Crippen molar-refractivity contribution in [3.05, 3.63) is 40.1 Å². The topological polar surface area (TPSA) is 46.5 Å². The SMILES string of the molecule is CCc1cc(C)cc(CC)c1C1=C(OC)C2CC(O)CC2C1=O. The molecule has 0 saturated heterocycles. The van der Waals surface area contributed by atoms with Gasteiger partial charge in [0.2, 0.25) is 0 Å². The fourth-order valence-electron chi connectivity index (χ4n) is 4.40. The molecule has 3 nitrogen and oxygen atoms in total. The van der Waals surface area contributed by atoms with Gasteiger partial charge < -0.3 is 9.84 Å². The maximum Gasteiger partial charge on any atom is 0.170 e. The number of aliphatic hydroxyl groups excluding tert-OH is 1. The quantitative estimate of drug-likeness (QED) is 0.926. The summed E-state index contributed by atoms with van der Waals surface area (Å²) in [6, 6.07) is 4.37. The van der Waals surface area contributed by atoms with E-state index in [1.807, 2.05) is 0 Å². The molecule has 0 radical (unpaired) electrons. The zero-order chi connectivity index (χ0) is 16.7. The maximum absolute atomic E-state index is 13.1. The Morgan fingerprint density at radius 3 is 2.22 bits per heavy atom. The van der Waals surface area contributed by atoms with Gasteiger partial charge in [0.05, 0.1) is 18.8 Å². The number of allylic oxidation sites excluding steroid dienone is 2. The Balaban J connectivity index is 2.21. The van der Waals surface area contributed by atoms with Gasteiger partial charge in [-0.25, -0.2) is 0 Å². The molecule has 0 spiro atoms. The molecule has 3 rings (SSSR count). The molecule has 2 aliphatic carbocycles. The third kappa shape index (κ3) is 2.51. The van der Waals surface area contributed by atoms with E-state index < -0.39 is 0 Å². The lowest BCUT2D eigenvalue weighted by molar-refractivity contribution is -0.117. The Bertz CT molecular complexity index is 646. The third-order valence-corrected chi connectivity index (χ3v) is 5.38. The Kier molecular flexibility index (Phi) is 4.33. The van der Waals surface area contributed by atoms with Gasteiger partial charge in [0.1, 0.15) is 5.76 Å². The van der Waals surface area contributed by atoms with Gasteiger partial charge in [0.15, 0.2) is 5.78 Å². The monoisotopic (exact) mass is 314 g/mol. The summed E-state index contributed by atoms with van der Waals surface area (Å²) in [7, 11) is 1.65. The molecule has 124 valence electrons. The van der Waals surface area contributed by atoms with Crippen molar-refractivity contribution in [3.63, 3.8) is 0 Å². The number of ether oxygens (including phenoxy) is 1. The number of rotatable bonds is 4. The van der Waals surface area contributed by atoms with Gasteiger partial charge in [0, 0.05) is 11.8 Å². The molecule has 0 aromatic heterocycles. The number of hydrogen-bond donors (Lipinski definition) is 1. The Labute approximate surface area is 138 Å². The number of carbonyl (C=O) groups is 1.